The molecule has 3 aromatic carbocycles. The van der Waals surface area contributed by atoms with Crippen molar-refractivity contribution in [2.75, 3.05) is 10.6 Å². The van der Waals surface area contributed by atoms with Crippen molar-refractivity contribution < 1.29 is 13.2 Å². The molecule has 0 aliphatic rings. The van der Waals surface area contributed by atoms with Crippen molar-refractivity contribution in [2.24, 2.45) is 0 Å². The molecule has 0 atom stereocenters. The number of anilines is 1. The quantitative estimate of drug-likeness (QED) is 0.393. The molecule has 0 radical (unpaired) electrons. The van der Waals surface area contributed by atoms with Gasteiger partial charge < -0.3 is 9.88 Å². The number of sulfonamides is 1. The van der Waals surface area contributed by atoms with Gasteiger partial charge in [-0.05, 0) is 47.5 Å². The fourth-order valence-corrected chi connectivity index (χ4v) is 4.61. The largest absolute Gasteiger partial charge is 0.348 e. The van der Waals surface area contributed by atoms with E-state index in [4.69, 9.17) is 11.6 Å². The van der Waals surface area contributed by atoms with Gasteiger partial charge in [0.05, 0.1) is 30.5 Å². The van der Waals surface area contributed by atoms with Crippen molar-refractivity contribution in [3.8, 4) is 5.69 Å². The van der Waals surface area contributed by atoms with Gasteiger partial charge in [0.15, 0.2) is 0 Å². The predicted molar refractivity (Wildman–Crippen MR) is 134 cm³/mol. The molecule has 0 aliphatic carbocycles. The van der Waals surface area contributed by atoms with Crippen LogP contribution in [0.3, 0.4) is 0 Å². The molecule has 0 aliphatic heterocycles. The molecule has 0 spiro atoms. The minimum atomic E-state index is -3.53. The Labute approximate surface area is 203 Å². The zero-order valence-electron chi connectivity index (χ0n) is 18.4. The summed E-state index contributed by atoms with van der Waals surface area (Å²) in [7, 11) is -3.53. The molecule has 7 nitrogen and oxygen atoms in total. The Hall–Kier alpha value is -3.62. The molecule has 1 heterocycles. The van der Waals surface area contributed by atoms with Crippen LogP contribution in [-0.4, -0.2) is 30.1 Å². The molecule has 0 fully saturated rings. The second-order valence-corrected chi connectivity index (χ2v) is 10.1. The van der Waals surface area contributed by atoms with Crippen LogP contribution >= 0.6 is 11.6 Å². The number of imidazole rings is 1. The SMILES string of the molecule is CS(=O)(=O)N(Cc1ccc(C(=O)NCc2ccccc2-n2ccnc2)cc1)c1cccc(Cl)c1. The van der Waals surface area contributed by atoms with Crippen LogP contribution in [0.25, 0.3) is 5.69 Å². The number of aromatic nitrogens is 2. The van der Waals surface area contributed by atoms with Crippen LogP contribution in [0.4, 0.5) is 5.69 Å². The molecule has 0 saturated heterocycles. The first-order valence-electron chi connectivity index (χ1n) is 10.5. The standard InChI is InChI=1S/C25H23ClN4O3S/c1-34(32,33)30(23-7-4-6-22(26)15-23)17-19-9-11-20(12-10-19)25(31)28-16-21-5-2-3-8-24(21)29-14-13-27-18-29/h2-15,18H,16-17H2,1H3,(H,28,31). The van der Waals surface area contributed by atoms with Crippen molar-refractivity contribution in [2.45, 2.75) is 13.1 Å². The molecule has 0 saturated carbocycles. The first kappa shape index (κ1) is 23.5. The third-order valence-electron chi connectivity index (χ3n) is 5.25. The number of nitrogens with zero attached hydrogens (tertiary/aromatic N) is 3. The summed E-state index contributed by atoms with van der Waals surface area (Å²) >= 11 is 6.04. The van der Waals surface area contributed by atoms with E-state index in [0.717, 1.165) is 23.1 Å². The molecule has 1 N–H and O–H groups in total. The Morgan fingerprint density at radius 2 is 1.82 bits per heavy atom. The molecule has 0 bridgehead atoms. The maximum Gasteiger partial charge on any atom is 0.251 e. The van der Waals surface area contributed by atoms with Crippen LogP contribution in [0.1, 0.15) is 21.5 Å². The summed E-state index contributed by atoms with van der Waals surface area (Å²) in [6, 6.07) is 21.3. The van der Waals surface area contributed by atoms with Gasteiger partial charge in [0.2, 0.25) is 10.0 Å². The minimum absolute atomic E-state index is 0.124. The van der Waals surface area contributed by atoms with Gasteiger partial charge in [-0.15, -0.1) is 0 Å². The fourth-order valence-electron chi connectivity index (χ4n) is 3.55. The number of benzene rings is 3. The summed E-state index contributed by atoms with van der Waals surface area (Å²) in [4.78, 5) is 16.8. The average Bonchev–Trinajstić information content (AvgIpc) is 3.36. The van der Waals surface area contributed by atoms with Crippen LogP contribution < -0.4 is 9.62 Å². The summed E-state index contributed by atoms with van der Waals surface area (Å²) in [5.74, 6) is -0.221. The Morgan fingerprint density at radius 1 is 1.06 bits per heavy atom. The number of halogens is 1. The van der Waals surface area contributed by atoms with Gasteiger partial charge in [-0.2, -0.15) is 0 Å². The minimum Gasteiger partial charge on any atom is -0.348 e. The lowest BCUT2D eigenvalue weighted by Crippen LogP contribution is -2.29. The van der Waals surface area contributed by atoms with Crippen LogP contribution in [0, 0.1) is 0 Å². The molecule has 4 aromatic rings. The molecule has 9 heteroatoms. The van der Waals surface area contributed by atoms with Gasteiger partial charge in [0, 0.05) is 29.5 Å². The van der Waals surface area contributed by atoms with E-state index >= 15 is 0 Å². The summed E-state index contributed by atoms with van der Waals surface area (Å²) < 4.78 is 27.9. The van der Waals surface area contributed by atoms with E-state index < -0.39 is 10.0 Å². The Morgan fingerprint density at radius 3 is 2.50 bits per heavy atom. The van der Waals surface area contributed by atoms with Crippen LogP contribution in [0.15, 0.2) is 91.5 Å². The van der Waals surface area contributed by atoms with E-state index in [1.165, 1.54) is 4.31 Å². The highest BCUT2D eigenvalue weighted by atomic mass is 35.5. The lowest BCUT2D eigenvalue weighted by molar-refractivity contribution is 0.0951. The van der Waals surface area contributed by atoms with Gasteiger partial charge in [0.25, 0.3) is 5.91 Å². The van der Waals surface area contributed by atoms with Crippen molar-refractivity contribution in [3.63, 3.8) is 0 Å². The summed E-state index contributed by atoms with van der Waals surface area (Å²) in [5.41, 5.74) is 3.60. The molecular formula is C25H23ClN4O3S. The number of amides is 1. The molecule has 174 valence electrons. The third-order valence-corrected chi connectivity index (χ3v) is 6.63. The molecule has 4 rings (SSSR count). The topological polar surface area (TPSA) is 84.3 Å². The smallest absolute Gasteiger partial charge is 0.251 e. The maximum absolute atomic E-state index is 12.7. The number of carbonyl (C=O) groups excluding carboxylic acids is 1. The second kappa shape index (κ2) is 10.1. The van der Waals surface area contributed by atoms with Gasteiger partial charge in [0.1, 0.15) is 0 Å². The zero-order valence-corrected chi connectivity index (χ0v) is 20.0. The lowest BCUT2D eigenvalue weighted by atomic mass is 10.1. The highest BCUT2D eigenvalue weighted by Crippen LogP contribution is 2.24. The summed E-state index contributed by atoms with van der Waals surface area (Å²) in [5, 5.41) is 3.39. The van der Waals surface area contributed by atoms with Crippen LogP contribution in [-0.2, 0) is 23.1 Å². The van der Waals surface area contributed by atoms with Gasteiger partial charge in [-0.3, -0.25) is 9.10 Å². The number of hydrogen-bond acceptors (Lipinski definition) is 4. The van der Waals surface area contributed by atoms with E-state index in [1.54, 1.807) is 61.1 Å². The first-order valence-corrected chi connectivity index (χ1v) is 12.7. The number of nitrogens with one attached hydrogen (secondary N) is 1. The maximum atomic E-state index is 12.7. The number of hydrogen-bond donors (Lipinski definition) is 1. The Bertz CT molecular complexity index is 1390. The van der Waals surface area contributed by atoms with E-state index in [-0.39, 0.29) is 12.5 Å². The van der Waals surface area contributed by atoms with E-state index in [9.17, 15) is 13.2 Å². The fraction of sp³-hybridized carbons (Fsp3) is 0.120. The van der Waals surface area contributed by atoms with E-state index in [1.807, 2.05) is 35.0 Å². The summed E-state index contributed by atoms with van der Waals surface area (Å²) in [6.07, 6.45) is 6.41. The molecule has 1 amide bonds. The molecular weight excluding hydrogens is 472 g/mol. The molecule has 0 unspecified atom stereocenters. The normalized spacial score (nSPS) is 11.2. The lowest BCUT2D eigenvalue weighted by Gasteiger charge is -2.22. The number of para-hydroxylation sites is 1. The van der Waals surface area contributed by atoms with Crippen molar-refractivity contribution in [1.82, 2.24) is 14.9 Å². The number of carbonyl (C=O) groups is 1. The van der Waals surface area contributed by atoms with Gasteiger partial charge >= 0.3 is 0 Å². The molecule has 1 aromatic heterocycles. The van der Waals surface area contributed by atoms with E-state index in [0.29, 0.717) is 22.8 Å². The van der Waals surface area contributed by atoms with Gasteiger partial charge in [-0.1, -0.05) is 48.0 Å². The second-order valence-electron chi connectivity index (χ2n) is 7.73. The highest BCUT2D eigenvalue weighted by Gasteiger charge is 2.18. The van der Waals surface area contributed by atoms with Crippen molar-refractivity contribution in [3.05, 3.63) is 113 Å². The predicted octanol–water partition coefficient (Wildman–Crippen LogP) is 4.42. The zero-order chi connectivity index (χ0) is 24.1. The Balaban J connectivity index is 1.45. The number of rotatable bonds is 8. The van der Waals surface area contributed by atoms with Crippen LogP contribution in [0.5, 0.6) is 0 Å². The third kappa shape index (κ3) is 5.65. The first-order chi connectivity index (χ1) is 16.3. The van der Waals surface area contributed by atoms with Gasteiger partial charge in [-0.25, -0.2) is 13.4 Å². The molecule has 34 heavy (non-hydrogen) atoms. The Kier molecular flexibility index (Phi) is 7.00. The average molecular weight is 495 g/mol. The van der Waals surface area contributed by atoms with Crippen LogP contribution in [0.2, 0.25) is 5.02 Å². The monoisotopic (exact) mass is 494 g/mol. The van der Waals surface area contributed by atoms with Crippen molar-refractivity contribution >= 4 is 33.2 Å². The van der Waals surface area contributed by atoms with Crippen molar-refractivity contribution in [1.29, 1.82) is 0 Å². The highest BCUT2D eigenvalue weighted by molar-refractivity contribution is 7.92. The van der Waals surface area contributed by atoms with E-state index in [2.05, 4.69) is 10.3 Å². The summed E-state index contributed by atoms with van der Waals surface area (Å²) in [6.45, 7) is 0.477.